The minimum absolute atomic E-state index is 0.619. The van der Waals surface area contributed by atoms with Crippen LogP contribution in [0.2, 0.25) is 0 Å². The zero-order valence-electron chi connectivity index (χ0n) is 14.8. The quantitative estimate of drug-likeness (QED) is 0.452. The Balaban J connectivity index is 1.59. The first-order chi connectivity index (χ1) is 13.2. The van der Waals surface area contributed by atoms with Crippen LogP contribution in [0.3, 0.4) is 0 Å². The molecule has 1 aromatic carbocycles. The zero-order chi connectivity index (χ0) is 18.4. The van der Waals surface area contributed by atoms with Crippen LogP contribution in [-0.2, 0) is 0 Å². The van der Waals surface area contributed by atoms with Crippen LogP contribution < -0.4 is 0 Å². The van der Waals surface area contributed by atoms with Crippen LogP contribution in [0.4, 0.5) is 0 Å². The van der Waals surface area contributed by atoms with Crippen molar-refractivity contribution in [3.8, 4) is 0 Å². The SMILES string of the molecule is Cc1ncc(C)n2nc(C=Cc3ccc4ccc5nccnc5c4n3)nc12. The fourth-order valence-corrected chi connectivity index (χ4v) is 3.07. The molecule has 0 amide bonds. The number of hydrogen-bond donors (Lipinski definition) is 0. The lowest BCUT2D eigenvalue weighted by molar-refractivity contribution is 0.884. The molecular weight excluding hydrogens is 338 g/mol. The molecule has 0 saturated carbocycles. The maximum atomic E-state index is 4.74. The molecule has 7 heteroatoms. The van der Waals surface area contributed by atoms with Crippen LogP contribution >= 0.6 is 0 Å². The standard InChI is InChI=1S/C20H15N7/c1-12-11-23-13(2)20-25-17(26-27(12)20)8-6-15-5-3-14-4-7-16-19(18(14)24-15)22-10-9-21-16/h3-11H,1-2H3. The second-order valence-corrected chi connectivity index (χ2v) is 6.32. The van der Waals surface area contributed by atoms with Crippen LogP contribution in [0.15, 0.2) is 42.9 Å². The van der Waals surface area contributed by atoms with E-state index in [-0.39, 0.29) is 0 Å². The molecule has 0 radical (unpaired) electrons. The van der Waals surface area contributed by atoms with Gasteiger partial charge in [-0.3, -0.25) is 15.0 Å². The van der Waals surface area contributed by atoms with Gasteiger partial charge >= 0.3 is 0 Å². The molecule has 5 rings (SSSR count). The molecule has 0 saturated heterocycles. The normalized spacial score (nSPS) is 11.9. The van der Waals surface area contributed by atoms with Gasteiger partial charge in [-0.05, 0) is 38.1 Å². The Morgan fingerprint density at radius 1 is 0.852 bits per heavy atom. The Hall–Kier alpha value is -3.74. The molecule has 0 spiro atoms. The summed E-state index contributed by atoms with van der Waals surface area (Å²) in [5.74, 6) is 0.619. The number of pyridine rings is 1. The summed E-state index contributed by atoms with van der Waals surface area (Å²) in [6.07, 6.45) is 8.93. The van der Waals surface area contributed by atoms with Gasteiger partial charge in [0.1, 0.15) is 5.52 Å². The van der Waals surface area contributed by atoms with Crippen LogP contribution in [-0.4, -0.2) is 34.5 Å². The Morgan fingerprint density at radius 2 is 1.70 bits per heavy atom. The van der Waals surface area contributed by atoms with E-state index in [4.69, 9.17) is 4.98 Å². The van der Waals surface area contributed by atoms with Crippen molar-refractivity contribution < 1.29 is 0 Å². The highest BCUT2D eigenvalue weighted by Gasteiger charge is 2.07. The second-order valence-electron chi connectivity index (χ2n) is 6.32. The van der Waals surface area contributed by atoms with Crippen LogP contribution in [0.25, 0.3) is 39.7 Å². The molecule has 0 N–H and O–H groups in total. The third kappa shape index (κ3) is 2.60. The van der Waals surface area contributed by atoms with Gasteiger partial charge in [-0.2, -0.15) is 0 Å². The highest BCUT2D eigenvalue weighted by atomic mass is 15.3. The van der Waals surface area contributed by atoms with Gasteiger partial charge in [0.05, 0.1) is 28.1 Å². The lowest BCUT2D eigenvalue weighted by Gasteiger charge is -2.02. The summed E-state index contributed by atoms with van der Waals surface area (Å²) >= 11 is 0. The minimum Gasteiger partial charge on any atom is -0.256 e. The Labute approximate surface area is 154 Å². The van der Waals surface area contributed by atoms with Gasteiger partial charge in [0.25, 0.3) is 0 Å². The topological polar surface area (TPSA) is 81.8 Å². The van der Waals surface area contributed by atoms with Crippen LogP contribution in [0.1, 0.15) is 22.9 Å². The maximum absolute atomic E-state index is 4.74. The lowest BCUT2D eigenvalue weighted by atomic mass is 10.1. The number of nitrogens with zero attached hydrogens (tertiary/aromatic N) is 7. The highest BCUT2D eigenvalue weighted by Crippen LogP contribution is 2.21. The van der Waals surface area contributed by atoms with Crippen molar-refractivity contribution in [3.63, 3.8) is 0 Å². The van der Waals surface area contributed by atoms with Crippen molar-refractivity contribution in [3.05, 3.63) is 65.8 Å². The molecule has 0 aliphatic rings. The van der Waals surface area contributed by atoms with E-state index in [1.54, 1.807) is 23.1 Å². The van der Waals surface area contributed by atoms with Gasteiger partial charge in [0.15, 0.2) is 11.5 Å². The largest absolute Gasteiger partial charge is 0.256 e. The van der Waals surface area contributed by atoms with E-state index in [0.29, 0.717) is 5.82 Å². The van der Waals surface area contributed by atoms with Gasteiger partial charge in [-0.25, -0.2) is 14.5 Å². The van der Waals surface area contributed by atoms with Crippen molar-refractivity contribution in [2.24, 2.45) is 0 Å². The molecule has 7 nitrogen and oxygen atoms in total. The van der Waals surface area contributed by atoms with Crippen molar-refractivity contribution in [2.45, 2.75) is 13.8 Å². The van der Waals surface area contributed by atoms with Crippen molar-refractivity contribution in [1.82, 2.24) is 34.5 Å². The van der Waals surface area contributed by atoms with E-state index >= 15 is 0 Å². The smallest absolute Gasteiger partial charge is 0.177 e. The number of aromatic nitrogens is 7. The molecule has 4 aromatic heterocycles. The highest BCUT2D eigenvalue weighted by molar-refractivity contribution is 6.01. The molecule has 0 atom stereocenters. The Bertz CT molecular complexity index is 1310. The maximum Gasteiger partial charge on any atom is 0.177 e. The first-order valence-corrected chi connectivity index (χ1v) is 8.56. The second kappa shape index (κ2) is 5.91. The molecule has 27 heavy (non-hydrogen) atoms. The van der Waals surface area contributed by atoms with E-state index < -0.39 is 0 Å². The summed E-state index contributed by atoms with van der Waals surface area (Å²) in [6.45, 7) is 3.88. The molecule has 5 aromatic rings. The van der Waals surface area contributed by atoms with E-state index in [1.165, 1.54) is 0 Å². The molecular formula is C20H15N7. The average molecular weight is 353 g/mol. The van der Waals surface area contributed by atoms with Gasteiger partial charge in [0.2, 0.25) is 0 Å². The lowest BCUT2D eigenvalue weighted by Crippen LogP contribution is -1.97. The van der Waals surface area contributed by atoms with E-state index in [1.807, 2.05) is 50.3 Å². The van der Waals surface area contributed by atoms with Crippen molar-refractivity contribution >= 4 is 39.7 Å². The van der Waals surface area contributed by atoms with Crippen LogP contribution in [0, 0.1) is 13.8 Å². The summed E-state index contributed by atoms with van der Waals surface area (Å²) in [7, 11) is 0. The molecule has 0 bridgehead atoms. The van der Waals surface area contributed by atoms with Gasteiger partial charge < -0.3 is 0 Å². The van der Waals surface area contributed by atoms with Gasteiger partial charge in [-0.15, -0.1) is 5.10 Å². The van der Waals surface area contributed by atoms with Crippen LogP contribution in [0.5, 0.6) is 0 Å². The number of benzene rings is 1. The fourth-order valence-electron chi connectivity index (χ4n) is 3.07. The molecule has 130 valence electrons. The van der Waals surface area contributed by atoms with Gasteiger partial charge in [0, 0.05) is 24.0 Å². The fraction of sp³-hybridized carbons (Fsp3) is 0.100. The van der Waals surface area contributed by atoms with E-state index in [0.717, 1.165) is 44.7 Å². The molecule has 0 aliphatic carbocycles. The monoisotopic (exact) mass is 353 g/mol. The summed E-state index contributed by atoms with van der Waals surface area (Å²) in [6, 6.07) is 7.97. The number of aryl methyl sites for hydroxylation is 2. The number of hydrogen-bond acceptors (Lipinski definition) is 6. The van der Waals surface area contributed by atoms with E-state index in [2.05, 4.69) is 25.0 Å². The summed E-state index contributed by atoms with van der Waals surface area (Å²) in [4.78, 5) is 22.4. The molecule has 4 heterocycles. The average Bonchev–Trinajstić information content (AvgIpc) is 3.15. The summed E-state index contributed by atoms with van der Waals surface area (Å²) < 4.78 is 1.80. The predicted molar refractivity (Wildman–Crippen MR) is 104 cm³/mol. The summed E-state index contributed by atoms with van der Waals surface area (Å²) in [5, 5.41) is 5.56. The number of fused-ring (bicyclic) bond motifs is 4. The zero-order valence-corrected chi connectivity index (χ0v) is 14.8. The molecule has 0 fully saturated rings. The molecule has 0 unspecified atom stereocenters. The Kier molecular flexibility index (Phi) is 3.39. The third-order valence-corrected chi connectivity index (χ3v) is 4.45. The first kappa shape index (κ1) is 15.5. The predicted octanol–water partition coefficient (Wildman–Crippen LogP) is 3.40. The van der Waals surface area contributed by atoms with E-state index in [9.17, 15) is 0 Å². The number of rotatable bonds is 2. The third-order valence-electron chi connectivity index (χ3n) is 4.45. The van der Waals surface area contributed by atoms with Crippen molar-refractivity contribution in [1.29, 1.82) is 0 Å². The molecule has 0 aliphatic heterocycles. The minimum atomic E-state index is 0.619. The summed E-state index contributed by atoms with van der Waals surface area (Å²) in [5.41, 5.74) is 5.83. The van der Waals surface area contributed by atoms with Crippen molar-refractivity contribution in [2.75, 3.05) is 0 Å². The first-order valence-electron chi connectivity index (χ1n) is 8.56. The van der Waals surface area contributed by atoms with Gasteiger partial charge in [-0.1, -0.05) is 12.1 Å². The Morgan fingerprint density at radius 3 is 2.59 bits per heavy atom.